The predicted octanol–water partition coefficient (Wildman–Crippen LogP) is 6.02. The molecule has 2 heterocycles. The number of hydrogen-bond donors (Lipinski definition) is 0. The lowest BCUT2D eigenvalue weighted by molar-refractivity contribution is 0.0270. The van der Waals surface area contributed by atoms with Gasteiger partial charge in [0.1, 0.15) is 18.0 Å². The molecule has 5 nitrogen and oxygen atoms in total. The average Bonchev–Trinajstić information content (AvgIpc) is 2.72. The van der Waals surface area contributed by atoms with Crippen molar-refractivity contribution in [1.82, 2.24) is 4.90 Å². The molecule has 0 aromatic heterocycles. The molecule has 0 aliphatic carbocycles. The smallest absolute Gasteiger partial charge is 0.410 e. The number of nitrogens with zero attached hydrogens (tertiary/aromatic N) is 1. The van der Waals surface area contributed by atoms with Crippen LogP contribution in [0.1, 0.15) is 44.4 Å². The Hall–Kier alpha value is -2.73. The molecule has 0 spiro atoms. The van der Waals surface area contributed by atoms with E-state index in [1.807, 2.05) is 45.0 Å². The number of halogens is 2. The van der Waals surface area contributed by atoms with E-state index in [2.05, 4.69) is 0 Å². The third-order valence-corrected chi connectivity index (χ3v) is 5.38. The van der Waals surface area contributed by atoms with Crippen LogP contribution in [-0.2, 0) is 4.74 Å². The number of benzene rings is 2. The number of fused-ring (bicyclic) bond motifs is 1. The molecular formula is C24H25ClFNO4. The van der Waals surface area contributed by atoms with Gasteiger partial charge in [-0.15, -0.1) is 0 Å². The van der Waals surface area contributed by atoms with E-state index >= 15 is 0 Å². The summed E-state index contributed by atoms with van der Waals surface area (Å²) in [5, 5.41) is 0.334. The number of amides is 1. The van der Waals surface area contributed by atoms with Crippen molar-refractivity contribution in [3.63, 3.8) is 0 Å². The Morgan fingerprint density at radius 2 is 2.06 bits per heavy atom. The fourth-order valence-electron chi connectivity index (χ4n) is 3.67. The molecule has 0 radical (unpaired) electrons. The lowest BCUT2D eigenvalue weighted by atomic mass is 9.97. The molecule has 1 amide bonds. The zero-order valence-electron chi connectivity index (χ0n) is 17.8. The first-order chi connectivity index (χ1) is 14.7. The molecule has 7 heteroatoms. The molecule has 0 N–H and O–H groups in total. The number of carbonyl (C=O) groups is 1. The van der Waals surface area contributed by atoms with Crippen molar-refractivity contribution < 1.29 is 23.4 Å². The zero-order chi connectivity index (χ0) is 22.2. The molecule has 0 saturated carbocycles. The van der Waals surface area contributed by atoms with Gasteiger partial charge in [0.2, 0.25) is 0 Å². The second-order valence-electron chi connectivity index (χ2n) is 8.62. The Labute approximate surface area is 186 Å². The fraction of sp³-hybridized carbons (Fsp3) is 0.375. The second kappa shape index (κ2) is 8.42. The van der Waals surface area contributed by atoms with E-state index in [-0.39, 0.29) is 12.7 Å². The summed E-state index contributed by atoms with van der Waals surface area (Å²) in [6.45, 7) is 6.75. The number of rotatable bonds is 2. The molecule has 1 atom stereocenters. The maximum absolute atomic E-state index is 14.4. The van der Waals surface area contributed by atoms with E-state index < -0.39 is 17.5 Å². The summed E-state index contributed by atoms with van der Waals surface area (Å²) in [6, 6.07) is 10.2. The van der Waals surface area contributed by atoms with Gasteiger partial charge in [-0.05, 0) is 51.0 Å². The van der Waals surface area contributed by atoms with Crippen LogP contribution in [0.5, 0.6) is 11.5 Å². The SMILES string of the molecule is CC(C)(C)OC(=O)N1CC=C(c2cccc3c2OC(c2ccc(Cl)cc2F)CO3)CC1. The molecule has 1 unspecified atom stereocenters. The van der Waals surface area contributed by atoms with Crippen LogP contribution in [0.25, 0.3) is 5.57 Å². The van der Waals surface area contributed by atoms with Crippen molar-refractivity contribution in [1.29, 1.82) is 0 Å². The maximum atomic E-state index is 14.4. The molecule has 2 aliphatic heterocycles. The van der Waals surface area contributed by atoms with E-state index in [1.165, 1.54) is 6.07 Å². The number of carbonyl (C=O) groups excluding carboxylic acids is 1. The van der Waals surface area contributed by atoms with E-state index in [9.17, 15) is 9.18 Å². The van der Waals surface area contributed by atoms with Gasteiger partial charge < -0.3 is 19.1 Å². The van der Waals surface area contributed by atoms with Gasteiger partial charge in [0.05, 0.1) is 0 Å². The number of para-hydroxylation sites is 1. The minimum absolute atomic E-state index is 0.209. The molecule has 4 rings (SSSR count). The first-order valence-corrected chi connectivity index (χ1v) is 10.6. The highest BCUT2D eigenvalue weighted by Crippen LogP contribution is 2.43. The van der Waals surface area contributed by atoms with E-state index in [0.717, 1.165) is 11.1 Å². The van der Waals surface area contributed by atoms with Crippen LogP contribution in [-0.4, -0.2) is 36.3 Å². The van der Waals surface area contributed by atoms with Crippen molar-refractivity contribution in [3.8, 4) is 11.5 Å². The molecule has 0 saturated heterocycles. The van der Waals surface area contributed by atoms with Gasteiger partial charge in [-0.2, -0.15) is 0 Å². The summed E-state index contributed by atoms with van der Waals surface area (Å²) in [4.78, 5) is 14.0. The summed E-state index contributed by atoms with van der Waals surface area (Å²) in [5.41, 5.74) is 1.81. The summed E-state index contributed by atoms with van der Waals surface area (Å²) >= 11 is 5.88. The van der Waals surface area contributed by atoms with E-state index in [1.54, 1.807) is 17.0 Å². The van der Waals surface area contributed by atoms with Gasteiger partial charge in [-0.25, -0.2) is 9.18 Å². The first kappa shape index (κ1) is 21.5. The highest BCUT2D eigenvalue weighted by Gasteiger charge is 2.29. The standard InChI is InChI=1S/C24H25ClFNO4/c1-24(2,3)31-23(28)27-11-9-15(10-12-27)17-5-4-6-20-22(17)30-21(14-29-20)18-8-7-16(25)13-19(18)26/h4-9,13,21H,10-12,14H2,1-3H3. The van der Waals surface area contributed by atoms with Crippen LogP contribution in [0, 0.1) is 5.82 Å². The fourth-order valence-corrected chi connectivity index (χ4v) is 3.83. The number of ether oxygens (including phenoxy) is 3. The third kappa shape index (κ3) is 4.79. The topological polar surface area (TPSA) is 48.0 Å². The molecule has 2 aromatic rings. The Morgan fingerprint density at radius 3 is 2.74 bits per heavy atom. The highest BCUT2D eigenvalue weighted by atomic mass is 35.5. The lowest BCUT2D eigenvalue weighted by Crippen LogP contribution is -2.39. The maximum Gasteiger partial charge on any atom is 0.410 e. The quantitative estimate of drug-likeness (QED) is 0.567. The molecule has 2 aromatic carbocycles. The van der Waals surface area contributed by atoms with Crippen molar-refractivity contribution in [2.45, 2.75) is 38.9 Å². The Kier molecular flexibility index (Phi) is 5.84. The molecule has 164 valence electrons. The average molecular weight is 446 g/mol. The van der Waals surface area contributed by atoms with Crippen molar-refractivity contribution >= 4 is 23.3 Å². The van der Waals surface area contributed by atoms with Gasteiger partial charge in [0.25, 0.3) is 0 Å². The zero-order valence-corrected chi connectivity index (χ0v) is 18.5. The summed E-state index contributed by atoms with van der Waals surface area (Å²) < 4.78 is 32.0. The molecular weight excluding hydrogens is 421 g/mol. The highest BCUT2D eigenvalue weighted by molar-refractivity contribution is 6.30. The normalized spacial score (nSPS) is 18.4. The predicted molar refractivity (Wildman–Crippen MR) is 117 cm³/mol. The second-order valence-corrected chi connectivity index (χ2v) is 9.06. The van der Waals surface area contributed by atoms with Gasteiger partial charge in [-0.1, -0.05) is 35.9 Å². The summed E-state index contributed by atoms with van der Waals surface area (Å²) in [7, 11) is 0. The van der Waals surface area contributed by atoms with Gasteiger partial charge in [-0.3, -0.25) is 0 Å². The Bertz CT molecular complexity index is 1030. The molecule has 2 aliphatic rings. The van der Waals surface area contributed by atoms with Crippen LogP contribution in [0.3, 0.4) is 0 Å². The summed E-state index contributed by atoms with van der Waals surface area (Å²) in [6.07, 6.45) is 1.75. The molecule has 31 heavy (non-hydrogen) atoms. The molecule has 0 fully saturated rings. The van der Waals surface area contributed by atoms with E-state index in [0.29, 0.717) is 41.6 Å². The monoisotopic (exact) mass is 445 g/mol. The lowest BCUT2D eigenvalue weighted by Gasteiger charge is -2.32. The van der Waals surface area contributed by atoms with Crippen LogP contribution < -0.4 is 9.47 Å². The minimum Gasteiger partial charge on any atom is -0.485 e. The van der Waals surface area contributed by atoms with Gasteiger partial charge in [0, 0.05) is 29.2 Å². The van der Waals surface area contributed by atoms with Crippen molar-refractivity contribution in [2.24, 2.45) is 0 Å². The summed E-state index contributed by atoms with van der Waals surface area (Å²) in [5.74, 6) is 0.788. The number of hydrogen-bond acceptors (Lipinski definition) is 4. The third-order valence-electron chi connectivity index (χ3n) is 5.15. The van der Waals surface area contributed by atoms with Crippen LogP contribution >= 0.6 is 11.6 Å². The molecule has 0 bridgehead atoms. The minimum atomic E-state index is -0.576. The van der Waals surface area contributed by atoms with Crippen LogP contribution in [0.15, 0.2) is 42.5 Å². The van der Waals surface area contributed by atoms with E-state index in [4.69, 9.17) is 25.8 Å². The van der Waals surface area contributed by atoms with Gasteiger partial charge >= 0.3 is 6.09 Å². The van der Waals surface area contributed by atoms with Crippen molar-refractivity contribution in [3.05, 3.63) is 64.4 Å². The van der Waals surface area contributed by atoms with Gasteiger partial charge in [0.15, 0.2) is 17.6 Å². The van der Waals surface area contributed by atoms with Crippen LogP contribution in [0.4, 0.5) is 9.18 Å². The Balaban J connectivity index is 1.55. The largest absolute Gasteiger partial charge is 0.485 e. The first-order valence-electron chi connectivity index (χ1n) is 10.3. The van der Waals surface area contributed by atoms with Crippen molar-refractivity contribution in [2.75, 3.05) is 19.7 Å². The van der Waals surface area contributed by atoms with Crippen LogP contribution in [0.2, 0.25) is 5.02 Å². The Morgan fingerprint density at radius 1 is 1.26 bits per heavy atom.